The summed E-state index contributed by atoms with van der Waals surface area (Å²) in [5.74, 6) is 0.180. The maximum Gasteiger partial charge on any atom is 0.157 e. The molecular weight excluding hydrogens is 156 g/mol. The Bertz CT molecular complexity index is 117. The molecule has 3 heteroatoms. The Morgan fingerprint density at radius 2 is 1.75 bits per heavy atom. The Kier molecular flexibility index (Phi) is 7.00. The van der Waals surface area contributed by atoms with E-state index < -0.39 is 0 Å². The van der Waals surface area contributed by atoms with Crippen LogP contribution >= 0.6 is 0 Å². The van der Waals surface area contributed by atoms with E-state index in [0.717, 1.165) is 0 Å². The lowest BCUT2D eigenvalue weighted by atomic mass is 10.2. The van der Waals surface area contributed by atoms with Crippen molar-refractivity contribution in [3.8, 4) is 0 Å². The van der Waals surface area contributed by atoms with Gasteiger partial charge in [0.1, 0.15) is 5.78 Å². The second-order valence-corrected chi connectivity index (χ2v) is 2.58. The lowest BCUT2D eigenvalue weighted by Crippen LogP contribution is -2.18. The molecule has 0 aromatic carbocycles. The highest BCUT2D eigenvalue weighted by molar-refractivity contribution is 5.75. The SMILES string of the molecule is CCOC(CCC(C)=O)OCC. The predicted octanol–water partition coefficient (Wildman–Crippen LogP) is 1.75. The van der Waals surface area contributed by atoms with Gasteiger partial charge in [-0.15, -0.1) is 0 Å². The smallest absolute Gasteiger partial charge is 0.157 e. The van der Waals surface area contributed by atoms with E-state index in [-0.39, 0.29) is 12.1 Å². The van der Waals surface area contributed by atoms with E-state index >= 15 is 0 Å². The van der Waals surface area contributed by atoms with Crippen molar-refractivity contribution in [1.29, 1.82) is 0 Å². The fourth-order valence-corrected chi connectivity index (χ4v) is 0.908. The van der Waals surface area contributed by atoms with E-state index in [1.807, 2.05) is 13.8 Å². The number of ketones is 1. The summed E-state index contributed by atoms with van der Waals surface area (Å²) in [6.07, 6.45) is 0.991. The van der Waals surface area contributed by atoms with Crippen molar-refractivity contribution >= 4 is 5.78 Å². The third kappa shape index (κ3) is 6.31. The fraction of sp³-hybridized carbons (Fsp3) is 0.889. The third-order valence-corrected chi connectivity index (χ3v) is 1.44. The Balaban J connectivity index is 3.54. The third-order valence-electron chi connectivity index (χ3n) is 1.44. The standard InChI is InChI=1S/C9H18O3/c1-4-11-9(12-5-2)7-6-8(3)10/h9H,4-7H2,1-3H3. The zero-order valence-electron chi connectivity index (χ0n) is 8.13. The van der Waals surface area contributed by atoms with Gasteiger partial charge in [-0.2, -0.15) is 0 Å². The summed E-state index contributed by atoms with van der Waals surface area (Å²) in [6.45, 7) is 6.67. The second kappa shape index (κ2) is 7.25. The van der Waals surface area contributed by atoms with Crippen molar-refractivity contribution in [2.45, 2.75) is 39.9 Å². The molecule has 0 heterocycles. The lowest BCUT2D eigenvalue weighted by molar-refractivity contribution is -0.144. The molecule has 0 atom stereocenters. The van der Waals surface area contributed by atoms with Crippen LogP contribution in [0.15, 0.2) is 0 Å². The first-order valence-electron chi connectivity index (χ1n) is 4.43. The molecule has 3 nitrogen and oxygen atoms in total. The molecule has 0 aromatic rings. The number of rotatable bonds is 7. The number of hydrogen-bond donors (Lipinski definition) is 0. The number of carbonyl (C=O) groups is 1. The van der Waals surface area contributed by atoms with Crippen molar-refractivity contribution in [2.75, 3.05) is 13.2 Å². The predicted molar refractivity (Wildman–Crippen MR) is 47.0 cm³/mol. The summed E-state index contributed by atoms with van der Waals surface area (Å²) < 4.78 is 10.5. The Morgan fingerprint density at radius 1 is 1.25 bits per heavy atom. The zero-order chi connectivity index (χ0) is 9.40. The maximum atomic E-state index is 10.6. The van der Waals surface area contributed by atoms with Crippen LogP contribution in [0.5, 0.6) is 0 Å². The van der Waals surface area contributed by atoms with E-state index in [1.54, 1.807) is 6.92 Å². The van der Waals surface area contributed by atoms with Crippen LogP contribution in [0.25, 0.3) is 0 Å². The maximum absolute atomic E-state index is 10.6. The van der Waals surface area contributed by atoms with Crippen LogP contribution in [-0.4, -0.2) is 25.3 Å². The molecule has 0 amide bonds. The van der Waals surface area contributed by atoms with Gasteiger partial charge in [0.05, 0.1) is 0 Å². The van der Waals surface area contributed by atoms with Gasteiger partial charge in [-0.3, -0.25) is 0 Å². The first-order valence-corrected chi connectivity index (χ1v) is 4.43. The molecule has 0 N–H and O–H groups in total. The average Bonchev–Trinajstić information content (AvgIpc) is 2.01. The first-order chi connectivity index (χ1) is 5.70. The quantitative estimate of drug-likeness (QED) is 0.552. The largest absolute Gasteiger partial charge is 0.353 e. The van der Waals surface area contributed by atoms with Gasteiger partial charge < -0.3 is 14.3 Å². The van der Waals surface area contributed by atoms with Gasteiger partial charge in [-0.1, -0.05) is 0 Å². The number of carbonyl (C=O) groups excluding carboxylic acids is 1. The highest BCUT2D eigenvalue weighted by Crippen LogP contribution is 2.04. The second-order valence-electron chi connectivity index (χ2n) is 2.58. The topological polar surface area (TPSA) is 35.5 Å². The van der Waals surface area contributed by atoms with Crippen molar-refractivity contribution < 1.29 is 14.3 Å². The molecule has 0 spiro atoms. The molecule has 0 saturated heterocycles. The van der Waals surface area contributed by atoms with Crippen molar-refractivity contribution in [1.82, 2.24) is 0 Å². The van der Waals surface area contributed by atoms with Crippen LogP contribution in [0.4, 0.5) is 0 Å². The molecule has 0 saturated carbocycles. The molecule has 0 aromatic heterocycles. The van der Waals surface area contributed by atoms with Crippen molar-refractivity contribution in [2.24, 2.45) is 0 Å². The first kappa shape index (κ1) is 11.6. The average molecular weight is 174 g/mol. The van der Waals surface area contributed by atoms with Gasteiger partial charge in [-0.05, 0) is 20.8 Å². The normalized spacial score (nSPS) is 10.7. The van der Waals surface area contributed by atoms with E-state index in [1.165, 1.54) is 0 Å². The van der Waals surface area contributed by atoms with Crippen LogP contribution in [0.3, 0.4) is 0 Å². The minimum Gasteiger partial charge on any atom is -0.353 e. The van der Waals surface area contributed by atoms with Crippen LogP contribution in [0, 0.1) is 0 Å². The summed E-state index contributed by atoms with van der Waals surface area (Å²) in [7, 11) is 0. The molecule has 72 valence electrons. The van der Waals surface area contributed by atoms with Gasteiger partial charge in [-0.25, -0.2) is 0 Å². The van der Waals surface area contributed by atoms with Gasteiger partial charge in [0.2, 0.25) is 0 Å². The van der Waals surface area contributed by atoms with Gasteiger partial charge in [0.25, 0.3) is 0 Å². The molecule has 0 aliphatic heterocycles. The van der Waals surface area contributed by atoms with Gasteiger partial charge >= 0.3 is 0 Å². The summed E-state index contributed by atoms with van der Waals surface area (Å²) in [5, 5.41) is 0. The van der Waals surface area contributed by atoms with E-state index in [0.29, 0.717) is 26.1 Å². The molecule has 0 aliphatic carbocycles. The monoisotopic (exact) mass is 174 g/mol. The highest BCUT2D eigenvalue weighted by atomic mass is 16.7. The van der Waals surface area contributed by atoms with E-state index in [4.69, 9.17) is 9.47 Å². The summed E-state index contributed by atoms with van der Waals surface area (Å²) >= 11 is 0. The molecule has 0 radical (unpaired) electrons. The van der Waals surface area contributed by atoms with E-state index in [2.05, 4.69) is 0 Å². The highest BCUT2D eigenvalue weighted by Gasteiger charge is 2.08. The lowest BCUT2D eigenvalue weighted by Gasteiger charge is -2.15. The summed E-state index contributed by atoms with van der Waals surface area (Å²) in [5.41, 5.74) is 0. The Morgan fingerprint density at radius 3 is 2.08 bits per heavy atom. The van der Waals surface area contributed by atoms with Crippen LogP contribution in [0.2, 0.25) is 0 Å². The van der Waals surface area contributed by atoms with E-state index in [9.17, 15) is 4.79 Å². The summed E-state index contributed by atoms with van der Waals surface area (Å²) in [6, 6.07) is 0. The minimum absolute atomic E-state index is 0.180. The number of hydrogen-bond acceptors (Lipinski definition) is 3. The number of Topliss-reactive ketones (excluding diaryl/α,β-unsaturated/α-hetero) is 1. The molecule has 0 unspecified atom stereocenters. The molecule has 0 bridgehead atoms. The fourth-order valence-electron chi connectivity index (χ4n) is 0.908. The molecule has 0 rings (SSSR count). The molecule has 0 aliphatic rings. The minimum atomic E-state index is -0.205. The molecule has 0 fully saturated rings. The molecular formula is C9H18O3. The van der Waals surface area contributed by atoms with Crippen LogP contribution in [-0.2, 0) is 14.3 Å². The van der Waals surface area contributed by atoms with Crippen molar-refractivity contribution in [3.05, 3.63) is 0 Å². The molecule has 12 heavy (non-hydrogen) atoms. The van der Waals surface area contributed by atoms with Gasteiger partial charge in [0, 0.05) is 26.1 Å². The van der Waals surface area contributed by atoms with Crippen LogP contribution in [0.1, 0.15) is 33.6 Å². The van der Waals surface area contributed by atoms with Crippen molar-refractivity contribution in [3.63, 3.8) is 0 Å². The Labute approximate surface area is 74.0 Å². The van der Waals surface area contributed by atoms with Gasteiger partial charge in [0.15, 0.2) is 6.29 Å². The van der Waals surface area contributed by atoms with Crippen LogP contribution < -0.4 is 0 Å². The number of ether oxygens (including phenoxy) is 2. The zero-order valence-corrected chi connectivity index (χ0v) is 8.13. The summed E-state index contributed by atoms with van der Waals surface area (Å²) in [4.78, 5) is 10.6. The Hall–Kier alpha value is -0.410.